The Morgan fingerprint density at radius 2 is 1.53 bits per heavy atom. The number of nitrogens with one attached hydrogen (secondary N) is 2. The topological polar surface area (TPSA) is 54.0 Å². The Morgan fingerprint density at radius 1 is 0.900 bits per heavy atom. The zero-order valence-electron chi connectivity index (χ0n) is 16.9. The zero-order valence-corrected chi connectivity index (χ0v) is 17.7. The lowest BCUT2D eigenvalue weighted by Crippen LogP contribution is -2.33. The molecular weight excluding hydrogens is 390 g/mol. The van der Waals surface area contributed by atoms with Gasteiger partial charge in [0.2, 0.25) is 0 Å². The van der Waals surface area contributed by atoms with E-state index in [2.05, 4.69) is 47.7 Å². The molecule has 4 rings (SSSR count). The zero-order chi connectivity index (χ0) is 20.9. The molecule has 0 fully saturated rings. The van der Waals surface area contributed by atoms with Gasteiger partial charge in [0.25, 0.3) is 0 Å². The van der Waals surface area contributed by atoms with Crippen LogP contribution >= 0.6 is 11.3 Å². The second kappa shape index (κ2) is 8.93. The van der Waals surface area contributed by atoms with Gasteiger partial charge in [0.05, 0.1) is 11.7 Å². The number of amides is 2. The SMILES string of the molecule is Cc1ccc(-c2csc(NC(=O)NC(c3ccccc3)c3ccccc3)n2)c(C)c1. The van der Waals surface area contributed by atoms with Gasteiger partial charge in [-0.05, 0) is 30.5 Å². The van der Waals surface area contributed by atoms with Crippen LogP contribution in [-0.2, 0) is 0 Å². The van der Waals surface area contributed by atoms with Crippen LogP contribution in [0.25, 0.3) is 11.3 Å². The van der Waals surface area contributed by atoms with Gasteiger partial charge in [0.1, 0.15) is 0 Å². The number of urea groups is 1. The van der Waals surface area contributed by atoms with Gasteiger partial charge in [-0.15, -0.1) is 11.3 Å². The molecule has 0 radical (unpaired) electrons. The van der Waals surface area contributed by atoms with Crippen LogP contribution in [0.2, 0.25) is 0 Å². The van der Waals surface area contributed by atoms with Crippen LogP contribution in [-0.4, -0.2) is 11.0 Å². The average molecular weight is 414 g/mol. The van der Waals surface area contributed by atoms with Crippen molar-refractivity contribution >= 4 is 22.5 Å². The molecule has 0 aliphatic carbocycles. The van der Waals surface area contributed by atoms with Crippen LogP contribution in [0.1, 0.15) is 28.3 Å². The Labute approximate surface area is 180 Å². The molecule has 30 heavy (non-hydrogen) atoms. The summed E-state index contributed by atoms with van der Waals surface area (Å²) in [5.74, 6) is 0. The van der Waals surface area contributed by atoms with Gasteiger partial charge in [0.15, 0.2) is 5.13 Å². The highest BCUT2D eigenvalue weighted by atomic mass is 32.1. The van der Waals surface area contributed by atoms with E-state index in [0.717, 1.165) is 22.4 Å². The van der Waals surface area contributed by atoms with E-state index in [1.165, 1.54) is 22.5 Å². The normalized spacial score (nSPS) is 10.8. The van der Waals surface area contributed by atoms with Gasteiger partial charge in [0, 0.05) is 10.9 Å². The first-order chi connectivity index (χ1) is 14.6. The number of hydrogen-bond acceptors (Lipinski definition) is 3. The van der Waals surface area contributed by atoms with Crippen molar-refractivity contribution in [2.75, 3.05) is 5.32 Å². The molecule has 5 heteroatoms. The van der Waals surface area contributed by atoms with E-state index in [9.17, 15) is 4.79 Å². The first-order valence-corrected chi connectivity index (χ1v) is 10.7. The van der Waals surface area contributed by atoms with Crippen molar-refractivity contribution in [3.8, 4) is 11.3 Å². The monoisotopic (exact) mass is 413 g/mol. The number of nitrogens with zero attached hydrogens (tertiary/aromatic N) is 1. The van der Waals surface area contributed by atoms with Crippen LogP contribution in [0, 0.1) is 13.8 Å². The number of aromatic nitrogens is 1. The standard InChI is InChI=1S/C25H23N3OS/c1-17-13-14-21(18(2)15-17)22-16-30-25(26-22)28-24(29)27-23(19-9-5-3-6-10-19)20-11-7-4-8-12-20/h3-16,23H,1-2H3,(H2,26,27,28,29). The third kappa shape index (κ3) is 4.58. The molecule has 0 aliphatic rings. The van der Waals surface area contributed by atoms with Crippen LogP contribution < -0.4 is 10.6 Å². The molecule has 0 aliphatic heterocycles. The number of aryl methyl sites for hydroxylation is 2. The van der Waals surface area contributed by atoms with Crippen molar-refractivity contribution in [2.45, 2.75) is 19.9 Å². The molecule has 0 saturated carbocycles. The highest BCUT2D eigenvalue weighted by Gasteiger charge is 2.17. The lowest BCUT2D eigenvalue weighted by molar-refractivity contribution is 0.250. The summed E-state index contributed by atoms with van der Waals surface area (Å²) in [4.78, 5) is 17.4. The van der Waals surface area contributed by atoms with Gasteiger partial charge in [-0.2, -0.15) is 0 Å². The lowest BCUT2D eigenvalue weighted by Gasteiger charge is -2.19. The fourth-order valence-electron chi connectivity index (χ4n) is 3.47. The fourth-order valence-corrected chi connectivity index (χ4v) is 4.18. The summed E-state index contributed by atoms with van der Waals surface area (Å²) in [6, 6.07) is 25.6. The Bertz CT molecular complexity index is 1100. The van der Waals surface area contributed by atoms with Crippen molar-refractivity contribution in [3.63, 3.8) is 0 Å². The van der Waals surface area contributed by atoms with E-state index in [4.69, 9.17) is 0 Å². The van der Waals surface area contributed by atoms with Crippen molar-refractivity contribution < 1.29 is 4.79 Å². The van der Waals surface area contributed by atoms with Gasteiger partial charge in [-0.25, -0.2) is 9.78 Å². The Morgan fingerprint density at radius 3 is 2.13 bits per heavy atom. The molecule has 4 aromatic rings. The summed E-state index contributed by atoms with van der Waals surface area (Å²) in [7, 11) is 0. The van der Waals surface area contributed by atoms with E-state index in [1.54, 1.807) is 0 Å². The summed E-state index contributed by atoms with van der Waals surface area (Å²) >= 11 is 1.42. The fraction of sp³-hybridized carbons (Fsp3) is 0.120. The van der Waals surface area contributed by atoms with E-state index < -0.39 is 0 Å². The van der Waals surface area contributed by atoms with Gasteiger partial charge >= 0.3 is 6.03 Å². The molecule has 1 aromatic heterocycles. The summed E-state index contributed by atoms with van der Waals surface area (Å²) in [6.07, 6.45) is 0. The molecule has 150 valence electrons. The van der Waals surface area contributed by atoms with Crippen LogP contribution in [0.5, 0.6) is 0 Å². The largest absolute Gasteiger partial charge is 0.327 e. The number of carbonyl (C=O) groups excluding carboxylic acids is 1. The molecular formula is C25H23N3OS. The quantitative estimate of drug-likeness (QED) is 0.401. The minimum atomic E-state index is -0.283. The molecule has 3 aromatic carbocycles. The highest BCUT2D eigenvalue weighted by molar-refractivity contribution is 7.14. The summed E-state index contributed by atoms with van der Waals surface area (Å²) in [5, 5.41) is 8.52. The first kappa shape index (κ1) is 19.9. The molecule has 4 nitrogen and oxygen atoms in total. The molecule has 0 bridgehead atoms. The van der Waals surface area contributed by atoms with Crippen LogP contribution in [0.3, 0.4) is 0 Å². The number of benzene rings is 3. The second-order valence-electron chi connectivity index (χ2n) is 7.21. The molecule has 0 spiro atoms. The number of rotatable bonds is 5. The van der Waals surface area contributed by atoms with Crippen molar-refractivity contribution in [3.05, 3.63) is 106 Å². The minimum absolute atomic E-state index is 0.244. The molecule has 0 saturated heterocycles. The molecule has 1 heterocycles. The maximum absolute atomic E-state index is 12.8. The highest BCUT2D eigenvalue weighted by Crippen LogP contribution is 2.28. The third-order valence-corrected chi connectivity index (χ3v) is 5.68. The van der Waals surface area contributed by atoms with Crippen molar-refractivity contribution in [1.29, 1.82) is 0 Å². The van der Waals surface area contributed by atoms with Gasteiger partial charge in [-0.3, -0.25) is 5.32 Å². The Hall–Kier alpha value is -3.44. The van der Waals surface area contributed by atoms with Gasteiger partial charge in [-0.1, -0.05) is 84.4 Å². The second-order valence-corrected chi connectivity index (χ2v) is 8.07. The number of thiazole rings is 1. The molecule has 0 atom stereocenters. The first-order valence-electron chi connectivity index (χ1n) is 9.81. The number of hydrogen-bond donors (Lipinski definition) is 2. The maximum Gasteiger partial charge on any atom is 0.321 e. The third-order valence-electron chi connectivity index (χ3n) is 4.92. The lowest BCUT2D eigenvalue weighted by atomic mass is 9.99. The summed E-state index contributed by atoms with van der Waals surface area (Å²) in [6.45, 7) is 4.15. The predicted molar refractivity (Wildman–Crippen MR) is 124 cm³/mol. The minimum Gasteiger partial charge on any atom is -0.327 e. The average Bonchev–Trinajstić information content (AvgIpc) is 3.21. The Kier molecular flexibility index (Phi) is 5.91. The number of anilines is 1. The smallest absolute Gasteiger partial charge is 0.321 e. The van der Waals surface area contributed by atoms with Crippen LogP contribution in [0.15, 0.2) is 84.2 Å². The molecule has 2 amide bonds. The van der Waals surface area contributed by atoms with Crippen molar-refractivity contribution in [2.24, 2.45) is 0 Å². The van der Waals surface area contributed by atoms with E-state index in [-0.39, 0.29) is 12.1 Å². The van der Waals surface area contributed by atoms with Crippen molar-refractivity contribution in [1.82, 2.24) is 10.3 Å². The maximum atomic E-state index is 12.8. The van der Waals surface area contributed by atoms with E-state index in [0.29, 0.717) is 5.13 Å². The van der Waals surface area contributed by atoms with Crippen LogP contribution in [0.4, 0.5) is 9.93 Å². The Balaban J connectivity index is 1.51. The molecule has 2 N–H and O–H groups in total. The summed E-state index contributed by atoms with van der Waals surface area (Å²) < 4.78 is 0. The van der Waals surface area contributed by atoms with E-state index in [1.807, 2.05) is 66.0 Å². The van der Waals surface area contributed by atoms with Gasteiger partial charge < -0.3 is 5.32 Å². The number of carbonyl (C=O) groups is 1. The molecule has 0 unspecified atom stereocenters. The summed E-state index contributed by atoms with van der Waals surface area (Å²) in [5.41, 5.74) is 6.39. The van der Waals surface area contributed by atoms with E-state index >= 15 is 0 Å². The predicted octanol–water partition coefficient (Wildman–Crippen LogP) is 6.34.